The molecule has 1 saturated carbocycles. The number of aliphatic hydroxyl groups is 1. The average Bonchev–Trinajstić information content (AvgIpc) is 2.41. The maximum absolute atomic E-state index is 12.5. The van der Waals surface area contributed by atoms with Crippen molar-refractivity contribution in [3.8, 4) is 0 Å². The molecule has 0 bridgehead atoms. The van der Waals surface area contributed by atoms with Crippen LogP contribution >= 0.6 is 0 Å². The van der Waals surface area contributed by atoms with Crippen molar-refractivity contribution in [2.24, 2.45) is 17.3 Å². The first-order valence-corrected chi connectivity index (χ1v) is 12.7. The summed E-state index contributed by atoms with van der Waals surface area (Å²) in [7, 11) is -1.83. The Kier molecular flexibility index (Phi) is 5.27. The highest BCUT2D eigenvalue weighted by molar-refractivity contribution is 6.74. The van der Waals surface area contributed by atoms with Crippen molar-refractivity contribution >= 4 is 14.1 Å². The van der Waals surface area contributed by atoms with Gasteiger partial charge in [0.15, 0.2) is 14.1 Å². The van der Waals surface area contributed by atoms with Crippen LogP contribution in [0.2, 0.25) is 18.1 Å². The van der Waals surface area contributed by atoms with Gasteiger partial charge >= 0.3 is 0 Å². The molecule has 0 unspecified atom stereocenters. The van der Waals surface area contributed by atoms with E-state index in [4.69, 9.17) is 4.43 Å². The normalized spacial score (nSPS) is 34.6. The monoisotopic (exact) mass is 366 g/mol. The minimum absolute atomic E-state index is 0.0656. The number of hydrogen-bond donors (Lipinski definition) is 1. The van der Waals surface area contributed by atoms with Crippen LogP contribution in [0.4, 0.5) is 0 Å². The third-order valence-corrected chi connectivity index (χ3v) is 11.9. The third kappa shape index (κ3) is 3.81. The van der Waals surface area contributed by atoms with Crippen molar-refractivity contribution in [2.45, 2.75) is 97.6 Å². The Bertz CT molecular complexity index is 565. The quantitative estimate of drug-likeness (QED) is 0.707. The van der Waals surface area contributed by atoms with Crippen LogP contribution in [0.1, 0.15) is 67.7 Å². The molecule has 3 nitrogen and oxygen atoms in total. The van der Waals surface area contributed by atoms with Gasteiger partial charge in [0.25, 0.3) is 0 Å². The summed E-state index contributed by atoms with van der Waals surface area (Å²) in [5.74, 6) is 0.117. The number of rotatable bonds is 3. The van der Waals surface area contributed by atoms with E-state index in [1.165, 1.54) is 5.57 Å². The fourth-order valence-electron chi connectivity index (χ4n) is 4.20. The van der Waals surface area contributed by atoms with E-state index >= 15 is 0 Å². The molecule has 0 aromatic heterocycles. The number of carbonyl (C=O) groups is 1. The van der Waals surface area contributed by atoms with E-state index in [0.717, 1.165) is 19.3 Å². The number of hydrogen-bond acceptors (Lipinski definition) is 3. The fraction of sp³-hybridized carbons (Fsp3) is 0.857. The number of carbonyl (C=O) groups excluding carboxylic acids is 1. The summed E-state index contributed by atoms with van der Waals surface area (Å²) < 4.78 is 6.78. The number of allylic oxidation sites excluding steroid dienone is 2. The largest absolute Gasteiger partial charge is 0.414 e. The molecule has 2 rings (SSSR count). The lowest BCUT2D eigenvalue weighted by atomic mass is 9.56. The van der Waals surface area contributed by atoms with E-state index in [-0.39, 0.29) is 28.3 Å². The van der Waals surface area contributed by atoms with E-state index in [0.29, 0.717) is 5.92 Å². The second kappa shape index (κ2) is 6.31. The van der Waals surface area contributed by atoms with Crippen molar-refractivity contribution in [3.63, 3.8) is 0 Å². The van der Waals surface area contributed by atoms with E-state index in [9.17, 15) is 9.90 Å². The SMILES string of the molecule is C[C@H]1[C@H](O[Si](C)(C)C(C)(C)C)CCC2=CC(=O)[C@H](C(C)(C)O)C[C@@]21C. The predicted octanol–water partition coefficient (Wildman–Crippen LogP) is 5.10. The van der Waals surface area contributed by atoms with Crippen LogP contribution in [0.5, 0.6) is 0 Å². The van der Waals surface area contributed by atoms with Crippen molar-refractivity contribution in [3.05, 3.63) is 11.6 Å². The zero-order chi connectivity index (χ0) is 19.4. The van der Waals surface area contributed by atoms with Crippen LogP contribution in [-0.4, -0.2) is 30.9 Å². The molecule has 144 valence electrons. The molecule has 0 saturated heterocycles. The molecule has 2 aliphatic carbocycles. The first kappa shape index (κ1) is 20.9. The van der Waals surface area contributed by atoms with E-state index < -0.39 is 13.9 Å². The van der Waals surface area contributed by atoms with Crippen molar-refractivity contribution < 1.29 is 14.3 Å². The first-order chi connectivity index (χ1) is 11.1. The molecule has 0 aromatic rings. The number of ketones is 1. The second-order valence-corrected chi connectivity index (χ2v) is 15.4. The third-order valence-electron chi connectivity index (χ3n) is 7.39. The molecule has 1 N–H and O–H groups in total. The van der Waals surface area contributed by atoms with Gasteiger partial charge in [0.2, 0.25) is 0 Å². The van der Waals surface area contributed by atoms with E-state index in [2.05, 4.69) is 47.7 Å². The van der Waals surface area contributed by atoms with Crippen LogP contribution < -0.4 is 0 Å². The van der Waals surface area contributed by atoms with Gasteiger partial charge in [-0.25, -0.2) is 0 Å². The standard InChI is InChI=1S/C21H38O3Si/c1-14-18(24-25(8,9)19(2,3)4)11-10-15-12-17(22)16(20(5,6)23)13-21(14,15)7/h12,14,16,18,23H,10-11,13H2,1-9H3/t14-,16+,18+,21+/m0/s1. The molecule has 0 aliphatic heterocycles. The van der Waals surface area contributed by atoms with Crippen molar-refractivity contribution in [2.75, 3.05) is 0 Å². The highest BCUT2D eigenvalue weighted by atomic mass is 28.4. The van der Waals surface area contributed by atoms with Gasteiger partial charge in [-0.05, 0) is 68.7 Å². The van der Waals surface area contributed by atoms with Crippen LogP contribution in [0.25, 0.3) is 0 Å². The summed E-state index contributed by atoms with van der Waals surface area (Å²) in [5, 5.41) is 10.7. The zero-order valence-corrected chi connectivity index (χ0v) is 18.7. The van der Waals surface area contributed by atoms with Gasteiger partial charge in [-0.3, -0.25) is 4.79 Å². The lowest BCUT2D eigenvalue weighted by Crippen LogP contribution is -2.53. The molecule has 0 spiro atoms. The molecule has 1 fully saturated rings. The van der Waals surface area contributed by atoms with Gasteiger partial charge in [0, 0.05) is 6.10 Å². The summed E-state index contributed by atoms with van der Waals surface area (Å²) in [6, 6.07) is 0. The Balaban J connectivity index is 2.30. The molecule has 4 heteroatoms. The molecule has 2 aliphatic rings. The Labute approximate surface area is 155 Å². The van der Waals surface area contributed by atoms with Gasteiger partial charge in [0.1, 0.15) is 0 Å². The smallest absolute Gasteiger partial charge is 0.192 e. The topological polar surface area (TPSA) is 46.5 Å². The lowest BCUT2D eigenvalue weighted by molar-refractivity contribution is -0.130. The van der Waals surface area contributed by atoms with Gasteiger partial charge in [-0.1, -0.05) is 40.2 Å². The molecule has 0 radical (unpaired) electrons. The molecular formula is C21H38O3Si. The Hall–Kier alpha value is -0.453. The second-order valence-electron chi connectivity index (χ2n) is 10.6. The molecule has 25 heavy (non-hydrogen) atoms. The van der Waals surface area contributed by atoms with Crippen LogP contribution in [0.15, 0.2) is 11.6 Å². The Morgan fingerprint density at radius 1 is 1.24 bits per heavy atom. The average molecular weight is 367 g/mol. The maximum atomic E-state index is 12.5. The minimum Gasteiger partial charge on any atom is -0.414 e. The summed E-state index contributed by atoms with van der Waals surface area (Å²) >= 11 is 0. The molecule has 0 heterocycles. The Morgan fingerprint density at radius 2 is 1.80 bits per heavy atom. The van der Waals surface area contributed by atoms with Crippen molar-refractivity contribution in [1.82, 2.24) is 0 Å². The van der Waals surface area contributed by atoms with Crippen LogP contribution in [0.3, 0.4) is 0 Å². The summed E-state index contributed by atoms with van der Waals surface area (Å²) in [5.41, 5.74) is 0.222. The van der Waals surface area contributed by atoms with Gasteiger partial charge in [-0.2, -0.15) is 0 Å². The lowest BCUT2D eigenvalue weighted by Gasteiger charge is -2.53. The molecule has 0 amide bonds. The first-order valence-electron chi connectivity index (χ1n) is 9.75. The highest BCUT2D eigenvalue weighted by Gasteiger charge is 2.52. The minimum atomic E-state index is -1.83. The predicted molar refractivity (Wildman–Crippen MR) is 106 cm³/mol. The number of fused-ring (bicyclic) bond motifs is 1. The van der Waals surface area contributed by atoms with Crippen LogP contribution in [0, 0.1) is 17.3 Å². The fourth-order valence-corrected chi connectivity index (χ4v) is 5.63. The molecule has 0 aromatic carbocycles. The summed E-state index contributed by atoms with van der Waals surface area (Å²) in [6.45, 7) is 19.5. The Morgan fingerprint density at radius 3 is 2.28 bits per heavy atom. The van der Waals surface area contributed by atoms with E-state index in [1.54, 1.807) is 13.8 Å². The summed E-state index contributed by atoms with van der Waals surface area (Å²) in [4.78, 5) is 12.5. The van der Waals surface area contributed by atoms with Gasteiger partial charge < -0.3 is 9.53 Å². The molecule has 4 atom stereocenters. The molecular weight excluding hydrogens is 328 g/mol. The van der Waals surface area contributed by atoms with Gasteiger partial charge in [0.05, 0.1) is 11.5 Å². The zero-order valence-electron chi connectivity index (χ0n) is 17.7. The maximum Gasteiger partial charge on any atom is 0.192 e. The van der Waals surface area contributed by atoms with Crippen LogP contribution in [-0.2, 0) is 9.22 Å². The van der Waals surface area contributed by atoms with E-state index in [1.807, 2.05) is 6.08 Å². The van der Waals surface area contributed by atoms with Gasteiger partial charge in [-0.15, -0.1) is 0 Å². The highest BCUT2D eigenvalue weighted by Crippen LogP contribution is 2.54. The summed E-state index contributed by atoms with van der Waals surface area (Å²) in [6.07, 6.45) is 4.73. The van der Waals surface area contributed by atoms with Crippen molar-refractivity contribution in [1.29, 1.82) is 0 Å².